The highest BCUT2D eigenvalue weighted by molar-refractivity contribution is 6.00. The van der Waals surface area contributed by atoms with Gasteiger partial charge in [-0.2, -0.15) is 0 Å². The van der Waals surface area contributed by atoms with Gasteiger partial charge in [0.05, 0.1) is 24.9 Å². The van der Waals surface area contributed by atoms with Crippen molar-refractivity contribution in [1.82, 2.24) is 0 Å². The largest absolute Gasteiger partial charge is 0.493 e. The fourth-order valence-electron chi connectivity index (χ4n) is 5.11. The first-order chi connectivity index (χ1) is 18.8. The van der Waals surface area contributed by atoms with Crippen LogP contribution in [-0.2, 0) is 28.9 Å². The van der Waals surface area contributed by atoms with Crippen molar-refractivity contribution in [3.8, 4) is 11.5 Å². The molecule has 212 valence electrons. The highest BCUT2D eigenvalue weighted by Gasteiger charge is 2.23. The number of benzene rings is 2. The van der Waals surface area contributed by atoms with Crippen LogP contribution in [0.2, 0.25) is 0 Å². The summed E-state index contributed by atoms with van der Waals surface area (Å²) in [5.41, 5.74) is 4.38. The van der Waals surface area contributed by atoms with Gasteiger partial charge in [0, 0.05) is 24.8 Å². The number of aryl methyl sites for hydroxylation is 1. The monoisotopic (exact) mass is 540 g/mol. The van der Waals surface area contributed by atoms with Gasteiger partial charge >= 0.3 is 11.9 Å². The van der Waals surface area contributed by atoms with Crippen molar-refractivity contribution in [2.45, 2.75) is 90.1 Å². The molecule has 0 saturated carbocycles. The lowest BCUT2D eigenvalue weighted by Crippen LogP contribution is -2.17. The van der Waals surface area contributed by atoms with Crippen LogP contribution in [-0.4, -0.2) is 46.3 Å². The van der Waals surface area contributed by atoms with Crippen molar-refractivity contribution < 1.29 is 39.2 Å². The van der Waals surface area contributed by atoms with Crippen LogP contribution in [0, 0.1) is 0 Å². The zero-order chi connectivity index (χ0) is 28.2. The van der Waals surface area contributed by atoms with Gasteiger partial charge in [0.1, 0.15) is 11.5 Å². The Hall–Kier alpha value is -3.39. The lowest BCUT2D eigenvalue weighted by molar-refractivity contribution is -0.138. The van der Waals surface area contributed by atoms with E-state index in [9.17, 15) is 24.6 Å². The first-order valence-electron chi connectivity index (χ1n) is 14.0. The molecule has 0 aromatic heterocycles. The quantitative estimate of drug-likeness (QED) is 0.218. The minimum atomic E-state index is -0.935. The number of hydrogen-bond donors (Lipinski definition) is 3. The van der Waals surface area contributed by atoms with Crippen LogP contribution in [0.4, 0.5) is 0 Å². The molecule has 0 radical (unpaired) electrons. The van der Waals surface area contributed by atoms with Crippen LogP contribution in [0.3, 0.4) is 0 Å². The molecule has 0 bridgehead atoms. The second-order valence-electron chi connectivity index (χ2n) is 10.0. The van der Waals surface area contributed by atoms with E-state index in [0.29, 0.717) is 48.3 Å². The molecule has 1 atom stereocenters. The van der Waals surface area contributed by atoms with Gasteiger partial charge in [0.2, 0.25) is 0 Å². The molecule has 0 fully saturated rings. The summed E-state index contributed by atoms with van der Waals surface area (Å²) in [5, 5.41) is 29.0. The normalized spacial score (nSPS) is 13.4. The Kier molecular flexibility index (Phi) is 11.8. The van der Waals surface area contributed by atoms with E-state index in [1.54, 1.807) is 18.2 Å². The van der Waals surface area contributed by atoms with E-state index >= 15 is 0 Å². The number of carbonyl (C=O) groups excluding carboxylic acids is 1. The van der Waals surface area contributed by atoms with E-state index in [1.165, 1.54) is 5.56 Å². The van der Waals surface area contributed by atoms with Crippen molar-refractivity contribution in [1.29, 1.82) is 0 Å². The topological polar surface area (TPSA) is 130 Å². The number of carbonyl (C=O) groups is 3. The molecule has 0 spiro atoms. The smallest absolute Gasteiger partial charge is 0.303 e. The highest BCUT2D eigenvalue weighted by atomic mass is 16.5. The number of Topliss-reactive ketones (excluding diaryl/α,β-unsaturated/α-hetero) is 1. The number of aliphatic hydroxyl groups excluding tert-OH is 1. The zero-order valence-electron chi connectivity index (χ0n) is 22.7. The predicted octanol–water partition coefficient (Wildman–Crippen LogP) is 5.70. The van der Waals surface area contributed by atoms with E-state index < -0.39 is 18.0 Å². The van der Waals surface area contributed by atoms with Gasteiger partial charge in [0.15, 0.2) is 5.78 Å². The molecule has 1 heterocycles. The van der Waals surface area contributed by atoms with Gasteiger partial charge < -0.3 is 24.8 Å². The number of aliphatic hydroxyl groups is 1. The van der Waals surface area contributed by atoms with Crippen molar-refractivity contribution in [2.75, 3.05) is 13.2 Å². The van der Waals surface area contributed by atoms with E-state index in [0.717, 1.165) is 49.8 Å². The van der Waals surface area contributed by atoms with Crippen LogP contribution in [0.25, 0.3) is 0 Å². The summed E-state index contributed by atoms with van der Waals surface area (Å²) in [4.78, 5) is 34.3. The number of ketones is 1. The average molecular weight is 541 g/mol. The molecule has 39 heavy (non-hydrogen) atoms. The Balaban J connectivity index is 1.58. The Morgan fingerprint density at radius 2 is 1.74 bits per heavy atom. The molecular formula is C31H40O8. The fourth-order valence-corrected chi connectivity index (χ4v) is 5.11. The fraction of sp³-hybridized carbons (Fsp3) is 0.516. The van der Waals surface area contributed by atoms with Gasteiger partial charge in [-0.3, -0.25) is 14.4 Å². The molecule has 1 aliphatic heterocycles. The number of carboxylic acids is 2. The minimum Gasteiger partial charge on any atom is -0.493 e. The molecular weight excluding hydrogens is 500 g/mol. The van der Waals surface area contributed by atoms with Gasteiger partial charge in [-0.05, 0) is 67.3 Å². The van der Waals surface area contributed by atoms with Gasteiger partial charge in [-0.15, -0.1) is 0 Å². The second kappa shape index (κ2) is 15.3. The maximum atomic E-state index is 12.3. The second-order valence-corrected chi connectivity index (χ2v) is 10.0. The number of carboxylic acid groups (broad SMARTS) is 2. The summed E-state index contributed by atoms with van der Waals surface area (Å²) in [6.45, 7) is 2.76. The van der Waals surface area contributed by atoms with E-state index in [4.69, 9.17) is 14.6 Å². The van der Waals surface area contributed by atoms with E-state index in [-0.39, 0.29) is 31.7 Å². The lowest BCUT2D eigenvalue weighted by atomic mass is 9.91. The Morgan fingerprint density at radius 3 is 2.49 bits per heavy atom. The Bertz CT molecular complexity index is 1140. The molecule has 8 heteroatoms. The van der Waals surface area contributed by atoms with Crippen LogP contribution in [0.1, 0.15) is 103 Å². The predicted molar refractivity (Wildman–Crippen MR) is 147 cm³/mol. The maximum Gasteiger partial charge on any atom is 0.303 e. The Morgan fingerprint density at radius 1 is 0.949 bits per heavy atom. The molecule has 8 nitrogen and oxygen atoms in total. The molecule has 0 amide bonds. The third-order valence-corrected chi connectivity index (χ3v) is 7.07. The molecule has 0 aliphatic carbocycles. The SMILES string of the molecule is CCCc1c(CCCCCC(O)c2cccc(OCCCC(=O)O)c2CCC(=O)O)ccc2c1OCCC2=O. The number of aliphatic carboxylic acids is 2. The van der Waals surface area contributed by atoms with E-state index in [2.05, 4.69) is 13.0 Å². The first kappa shape index (κ1) is 30.2. The number of unbranched alkanes of at least 4 members (excludes halogenated alkanes) is 2. The molecule has 3 N–H and O–H groups in total. The molecule has 1 aliphatic rings. The van der Waals surface area contributed by atoms with Crippen molar-refractivity contribution >= 4 is 17.7 Å². The average Bonchev–Trinajstić information content (AvgIpc) is 2.91. The van der Waals surface area contributed by atoms with Gasteiger partial charge in [-0.25, -0.2) is 0 Å². The lowest BCUT2D eigenvalue weighted by Gasteiger charge is -2.22. The summed E-state index contributed by atoms with van der Waals surface area (Å²) in [6, 6.07) is 9.26. The minimum absolute atomic E-state index is 0.0106. The van der Waals surface area contributed by atoms with Crippen molar-refractivity contribution in [3.05, 3.63) is 58.1 Å². The summed E-state index contributed by atoms with van der Waals surface area (Å²) in [5.74, 6) is -0.428. The summed E-state index contributed by atoms with van der Waals surface area (Å²) in [6.07, 6.45) is 6.04. The first-order valence-corrected chi connectivity index (χ1v) is 14.0. The number of rotatable bonds is 17. The number of ether oxygens (including phenoxy) is 2. The molecule has 2 aromatic rings. The summed E-state index contributed by atoms with van der Waals surface area (Å²) >= 11 is 0. The Labute approximate surface area is 230 Å². The molecule has 0 saturated heterocycles. The summed E-state index contributed by atoms with van der Waals surface area (Å²) < 4.78 is 11.7. The standard InChI is InChI=1S/C31H40O8/c1-2-8-22-21(14-15-25-27(33)18-20-39-31(22)25)9-4-3-5-11-26(32)23-10-6-12-28(24(23)16-17-30(36)37)38-19-7-13-29(34)35/h6,10,12,14-15,26,32H,2-5,7-9,11,13,16-20H2,1H3,(H,34,35)(H,36,37). The van der Waals surface area contributed by atoms with Crippen LogP contribution in [0.5, 0.6) is 11.5 Å². The van der Waals surface area contributed by atoms with Crippen LogP contribution in [0.15, 0.2) is 30.3 Å². The zero-order valence-corrected chi connectivity index (χ0v) is 22.7. The van der Waals surface area contributed by atoms with Crippen molar-refractivity contribution in [3.63, 3.8) is 0 Å². The van der Waals surface area contributed by atoms with Crippen LogP contribution < -0.4 is 9.47 Å². The van der Waals surface area contributed by atoms with Crippen LogP contribution >= 0.6 is 0 Å². The third-order valence-electron chi connectivity index (χ3n) is 7.07. The van der Waals surface area contributed by atoms with Gasteiger partial charge in [-0.1, -0.05) is 44.4 Å². The maximum absolute atomic E-state index is 12.3. The summed E-state index contributed by atoms with van der Waals surface area (Å²) in [7, 11) is 0. The molecule has 1 unspecified atom stereocenters. The molecule has 3 rings (SSSR count). The van der Waals surface area contributed by atoms with E-state index in [1.807, 2.05) is 6.07 Å². The number of hydrogen-bond acceptors (Lipinski definition) is 6. The van der Waals surface area contributed by atoms with Crippen molar-refractivity contribution in [2.24, 2.45) is 0 Å². The molecule has 2 aromatic carbocycles. The highest BCUT2D eigenvalue weighted by Crippen LogP contribution is 2.34. The third kappa shape index (κ3) is 8.82. The van der Waals surface area contributed by atoms with Gasteiger partial charge in [0.25, 0.3) is 0 Å². The number of fused-ring (bicyclic) bond motifs is 1.